The first-order valence-corrected chi connectivity index (χ1v) is 7.56. The lowest BCUT2D eigenvalue weighted by molar-refractivity contribution is 0.252. The molecule has 0 saturated heterocycles. The number of aromatic nitrogens is 1. The van der Waals surface area contributed by atoms with Crippen molar-refractivity contribution in [1.82, 2.24) is 15.0 Å². The highest BCUT2D eigenvalue weighted by Crippen LogP contribution is 2.06. The number of hydrogen-bond acceptors (Lipinski definition) is 4. The van der Waals surface area contributed by atoms with Gasteiger partial charge in [-0.1, -0.05) is 18.2 Å². The van der Waals surface area contributed by atoms with Crippen molar-refractivity contribution in [3.8, 4) is 0 Å². The molecular weight excluding hydrogens is 292 g/mol. The van der Waals surface area contributed by atoms with Gasteiger partial charge in [-0.3, -0.25) is 4.98 Å². The Morgan fingerprint density at radius 1 is 1.10 bits per heavy atom. The molecule has 7 nitrogen and oxygen atoms in total. The topological polar surface area (TPSA) is 100 Å². The molecule has 0 aliphatic carbocycles. The predicted molar refractivity (Wildman–Crippen MR) is 78.0 cm³/mol. The molecule has 0 unspecified atom stereocenters. The van der Waals surface area contributed by atoms with E-state index in [2.05, 4.69) is 20.3 Å². The summed E-state index contributed by atoms with van der Waals surface area (Å²) in [7, 11) is -3.63. The van der Waals surface area contributed by atoms with Crippen molar-refractivity contribution in [2.24, 2.45) is 0 Å². The zero-order chi connectivity index (χ0) is 15.1. The summed E-state index contributed by atoms with van der Waals surface area (Å²) in [5, 5.41) is 4.91. The summed E-state index contributed by atoms with van der Waals surface area (Å²) in [6.07, 6.45) is 3.06. The van der Waals surface area contributed by atoms with E-state index in [1.165, 1.54) is 18.3 Å². The molecule has 0 saturated carbocycles. The van der Waals surface area contributed by atoms with Crippen molar-refractivity contribution in [3.63, 3.8) is 0 Å². The standard InChI is InChI=1S/C13H14N4O3S/c18-13(17-11-5-4-8-14-9-11)15-10-16-21(19,20)12-6-2-1-3-7-12/h1-9,16H,10H2,(H2,15,17,18). The maximum absolute atomic E-state index is 11.9. The molecule has 0 radical (unpaired) electrons. The number of benzene rings is 1. The van der Waals surface area contributed by atoms with Gasteiger partial charge in [0.2, 0.25) is 10.0 Å². The number of carbonyl (C=O) groups excluding carboxylic acids is 1. The number of anilines is 1. The van der Waals surface area contributed by atoms with E-state index < -0.39 is 16.1 Å². The summed E-state index contributed by atoms with van der Waals surface area (Å²) in [6.45, 7) is -0.219. The van der Waals surface area contributed by atoms with Gasteiger partial charge in [0.15, 0.2) is 0 Å². The molecule has 0 aliphatic rings. The molecule has 2 aromatic rings. The third-order valence-corrected chi connectivity index (χ3v) is 3.90. The lowest BCUT2D eigenvalue weighted by Gasteiger charge is -2.09. The number of pyridine rings is 1. The maximum atomic E-state index is 11.9. The van der Waals surface area contributed by atoms with E-state index in [-0.39, 0.29) is 11.6 Å². The average Bonchev–Trinajstić information content (AvgIpc) is 2.49. The van der Waals surface area contributed by atoms with E-state index in [0.29, 0.717) is 5.69 Å². The molecule has 0 aliphatic heterocycles. The number of nitrogens with one attached hydrogen (secondary N) is 3. The summed E-state index contributed by atoms with van der Waals surface area (Å²) >= 11 is 0. The van der Waals surface area contributed by atoms with Crippen LogP contribution in [-0.2, 0) is 10.0 Å². The highest BCUT2D eigenvalue weighted by Gasteiger charge is 2.12. The van der Waals surface area contributed by atoms with Crippen LogP contribution in [0.5, 0.6) is 0 Å². The summed E-state index contributed by atoms with van der Waals surface area (Å²) in [5.41, 5.74) is 0.515. The molecule has 21 heavy (non-hydrogen) atoms. The van der Waals surface area contributed by atoms with Crippen molar-refractivity contribution < 1.29 is 13.2 Å². The van der Waals surface area contributed by atoms with Crippen molar-refractivity contribution in [1.29, 1.82) is 0 Å². The first-order valence-electron chi connectivity index (χ1n) is 6.07. The van der Waals surface area contributed by atoms with Gasteiger partial charge < -0.3 is 10.6 Å². The van der Waals surface area contributed by atoms with Gasteiger partial charge in [-0.25, -0.2) is 13.2 Å². The minimum atomic E-state index is -3.63. The van der Waals surface area contributed by atoms with Crippen LogP contribution in [0.1, 0.15) is 0 Å². The maximum Gasteiger partial charge on any atom is 0.320 e. The van der Waals surface area contributed by atoms with E-state index in [4.69, 9.17) is 0 Å². The van der Waals surface area contributed by atoms with Gasteiger partial charge in [0.1, 0.15) is 0 Å². The second-order valence-corrected chi connectivity index (χ2v) is 5.78. The molecule has 0 bridgehead atoms. The zero-order valence-electron chi connectivity index (χ0n) is 11.0. The van der Waals surface area contributed by atoms with Gasteiger partial charge >= 0.3 is 6.03 Å². The smallest absolute Gasteiger partial charge is 0.320 e. The van der Waals surface area contributed by atoms with Gasteiger partial charge in [-0.2, -0.15) is 4.72 Å². The van der Waals surface area contributed by atoms with Crippen LogP contribution in [0.4, 0.5) is 10.5 Å². The molecule has 8 heteroatoms. The molecule has 0 fully saturated rings. The SMILES string of the molecule is O=C(NCNS(=O)(=O)c1ccccc1)Nc1cccnc1. The normalized spacial score (nSPS) is 10.9. The van der Waals surface area contributed by atoms with E-state index in [1.54, 1.807) is 36.5 Å². The van der Waals surface area contributed by atoms with E-state index in [9.17, 15) is 13.2 Å². The number of hydrogen-bond donors (Lipinski definition) is 3. The fraction of sp³-hybridized carbons (Fsp3) is 0.0769. The summed E-state index contributed by atoms with van der Waals surface area (Å²) in [5.74, 6) is 0. The van der Waals surface area contributed by atoms with Crippen LogP contribution >= 0.6 is 0 Å². The van der Waals surface area contributed by atoms with Crippen LogP contribution in [0.3, 0.4) is 0 Å². The first kappa shape index (κ1) is 14.9. The lowest BCUT2D eigenvalue weighted by Crippen LogP contribution is -2.39. The second-order valence-electron chi connectivity index (χ2n) is 4.01. The Labute approximate surface area is 122 Å². The number of rotatable bonds is 5. The molecular formula is C13H14N4O3S. The van der Waals surface area contributed by atoms with Crippen LogP contribution in [0.15, 0.2) is 59.8 Å². The monoisotopic (exact) mass is 306 g/mol. The number of amides is 2. The Balaban J connectivity index is 1.83. The average molecular weight is 306 g/mol. The van der Waals surface area contributed by atoms with Crippen molar-refractivity contribution in [2.75, 3.05) is 12.0 Å². The molecule has 1 aromatic heterocycles. The Hall–Kier alpha value is -2.45. The molecule has 0 spiro atoms. The quantitative estimate of drug-likeness (QED) is 0.721. The Kier molecular flexibility index (Phi) is 4.85. The van der Waals surface area contributed by atoms with Crippen LogP contribution in [0.25, 0.3) is 0 Å². The van der Waals surface area contributed by atoms with Crippen LogP contribution in [0.2, 0.25) is 0 Å². The Morgan fingerprint density at radius 2 is 1.86 bits per heavy atom. The minimum absolute atomic E-state index is 0.138. The molecule has 1 aromatic carbocycles. The van der Waals surface area contributed by atoms with Crippen LogP contribution < -0.4 is 15.4 Å². The highest BCUT2D eigenvalue weighted by molar-refractivity contribution is 7.89. The molecule has 110 valence electrons. The van der Waals surface area contributed by atoms with E-state index in [1.807, 2.05) is 0 Å². The largest absolute Gasteiger partial charge is 0.324 e. The first-order chi connectivity index (χ1) is 10.1. The molecule has 0 atom stereocenters. The number of urea groups is 1. The highest BCUT2D eigenvalue weighted by atomic mass is 32.2. The third-order valence-electron chi connectivity index (χ3n) is 2.48. The molecule has 3 N–H and O–H groups in total. The van der Waals surface area contributed by atoms with Gasteiger partial charge in [-0.15, -0.1) is 0 Å². The summed E-state index contributed by atoms with van der Waals surface area (Å²) < 4.78 is 26.0. The fourth-order valence-corrected chi connectivity index (χ4v) is 2.45. The number of sulfonamides is 1. The van der Waals surface area contributed by atoms with Crippen molar-refractivity contribution >= 4 is 21.7 Å². The summed E-state index contributed by atoms with van der Waals surface area (Å²) in [4.78, 5) is 15.5. The van der Waals surface area contributed by atoms with E-state index >= 15 is 0 Å². The Morgan fingerprint density at radius 3 is 2.52 bits per heavy atom. The lowest BCUT2D eigenvalue weighted by atomic mass is 10.4. The number of nitrogens with zero attached hydrogens (tertiary/aromatic N) is 1. The van der Waals surface area contributed by atoms with Gasteiger partial charge in [0.05, 0.1) is 23.4 Å². The molecule has 2 rings (SSSR count). The number of carbonyl (C=O) groups is 1. The zero-order valence-corrected chi connectivity index (χ0v) is 11.8. The summed E-state index contributed by atoms with van der Waals surface area (Å²) in [6, 6.07) is 10.7. The van der Waals surface area contributed by atoms with E-state index in [0.717, 1.165) is 0 Å². The van der Waals surface area contributed by atoms with Crippen LogP contribution in [0, 0.1) is 0 Å². The minimum Gasteiger partial charge on any atom is -0.324 e. The second kappa shape index (κ2) is 6.82. The third kappa shape index (κ3) is 4.55. The molecule has 2 amide bonds. The van der Waals surface area contributed by atoms with Gasteiger partial charge in [-0.05, 0) is 24.3 Å². The Bertz CT molecular complexity index is 690. The molecule has 1 heterocycles. The van der Waals surface area contributed by atoms with Gasteiger partial charge in [0.25, 0.3) is 0 Å². The van der Waals surface area contributed by atoms with Crippen molar-refractivity contribution in [3.05, 3.63) is 54.9 Å². The fourth-order valence-electron chi connectivity index (χ4n) is 1.51. The van der Waals surface area contributed by atoms with Gasteiger partial charge in [0, 0.05) is 6.20 Å². The van der Waals surface area contributed by atoms with Crippen LogP contribution in [-0.4, -0.2) is 26.1 Å². The van der Waals surface area contributed by atoms with Crippen molar-refractivity contribution in [2.45, 2.75) is 4.90 Å². The predicted octanol–water partition coefficient (Wildman–Crippen LogP) is 1.14.